The van der Waals surface area contributed by atoms with Crippen LogP contribution in [0.2, 0.25) is 0 Å². The van der Waals surface area contributed by atoms with Gasteiger partial charge in [0.2, 0.25) is 5.91 Å². The highest BCUT2D eigenvalue weighted by molar-refractivity contribution is 5.91. The fourth-order valence-electron chi connectivity index (χ4n) is 2.88. The van der Waals surface area contributed by atoms with Crippen LogP contribution in [0.4, 0.5) is 0 Å². The molecule has 1 aliphatic heterocycles. The third kappa shape index (κ3) is 4.04. The Kier molecular flexibility index (Phi) is 5.56. The van der Waals surface area contributed by atoms with Crippen molar-refractivity contribution in [2.24, 2.45) is 0 Å². The Morgan fingerprint density at radius 3 is 3.00 bits per heavy atom. The second-order valence-corrected chi connectivity index (χ2v) is 6.17. The van der Waals surface area contributed by atoms with Gasteiger partial charge in [-0.05, 0) is 19.8 Å². The van der Waals surface area contributed by atoms with Gasteiger partial charge in [-0.1, -0.05) is 15.5 Å². The first-order valence-electron chi connectivity index (χ1n) is 8.45. The lowest BCUT2D eigenvalue weighted by molar-refractivity contribution is -0.132. The van der Waals surface area contributed by atoms with Crippen LogP contribution in [0.5, 0.6) is 0 Å². The van der Waals surface area contributed by atoms with Gasteiger partial charge in [0.05, 0.1) is 25.3 Å². The van der Waals surface area contributed by atoms with Gasteiger partial charge in [-0.25, -0.2) is 9.31 Å². The smallest absolute Gasteiger partial charge is 0.273 e. The van der Waals surface area contributed by atoms with E-state index < -0.39 is 0 Å². The molecule has 26 heavy (non-hydrogen) atoms. The van der Waals surface area contributed by atoms with Crippen molar-refractivity contribution in [2.75, 3.05) is 26.2 Å². The highest BCUT2D eigenvalue weighted by Crippen LogP contribution is 2.21. The molecule has 2 aromatic heterocycles. The van der Waals surface area contributed by atoms with Gasteiger partial charge in [0.25, 0.3) is 5.91 Å². The number of nitrogens with one attached hydrogen (secondary N) is 1. The zero-order valence-corrected chi connectivity index (χ0v) is 14.5. The number of aryl methyl sites for hydroxylation is 1. The van der Waals surface area contributed by atoms with E-state index in [2.05, 4.69) is 30.6 Å². The lowest BCUT2D eigenvalue weighted by Gasteiger charge is -2.32. The predicted octanol–water partition coefficient (Wildman–Crippen LogP) is -0.902. The Bertz CT molecular complexity index is 772. The minimum Gasteiger partial charge on any atom is -0.395 e. The summed E-state index contributed by atoms with van der Waals surface area (Å²) in [6.07, 6.45) is 3.39. The lowest BCUT2D eigenvalue weighted by atomic mass is 10.1. The summed E-state index contributed by atoms with van der Waals surface area (Å²) in [6.45, 7) is 2.92. The van der Waals surface area contributed by atoms with Crippen LogP contribution in [0, 0.1) is 6.92 Å². The summed E-state index contributed by atoms with van der Waals surface area (Å²) >= 11 is 0. The van der Waals surface area contributed by atoms with Gasteiger partial charge in [-0.2, -0.15) is 0 Å². The second kappa shape index (κ2) is 8.04. The molecule has 1 atom stereocenters. The van der Waals surface area contributed by atoms with Crippen molar-refractivity contribution in [3.63, 3.8) is 0 Å². The molecule has 11 heteroatoms. The monoisotopic (exact) mass is 363 g/mol. The molecule has 2 aromatic rings. The van der Waals surface area contributed by atoms with Gasteiger partial charge in [0.1, 0.15) is 11.4 Å². The van der Waals surface area contributed by atoms with Crippen LogP contribution in [-0.2, 0) is 11.2 Å². The van der Waals surface area contributed by atoms with Crippen LogP contribution < -0.4 is 5.32 Å². The van der Waals surface area contributed by atoms with Crippen LogP contribution in [-0.4, -0.2) is 73.4 Å². The highest BCUT2D eigenvalue weighted by Gasteiger charge is 2.27. The number of nitrogens with zero attached hydrogens (tertiary/aromatic N) is 6. The zero-order valence-electron chi connectivity index (χ0n) is 14.5. The molecule has 0 aliphatic carbocycles. The fraction of sp³-hybridized carbons (Fsp3) is 0.600. The van der Waals surface area contributed by atoms with Gasteiger partial charge in [-0.3, -0.25) is 9.59 Å². The summed E-state index contributed by atoms with van der Waals surface area (Å²) in [5.74, 6) is -0.433. The molecule has 1 fully saturated rings. The van der Waals surface area contributed by atoms with Crippen LogP contribution in [0.25, 0.3) is 0 Å². The van der Waals surface area contributed by atoms with Crippen molar-refractivity contribution in [3.8, 4) is 0 Å². The minimum atomic E-state index is -0.386. The number of hydrogen-bond donors (Lipinski definition) is 2. The fourth-order valence-corrected chi connectivity index (χ4v) is 2.88. The third-order valence-electron chi connectivity index (χ3n) is 4.33. The minimum absolute atomic E-state index is 0.0453. The molecular weight excluding hydrogens is 342 g/mol. The number of hydrogen-bond acceptors (Lipinski definition) is 8. The second-order valence-electron chi connectivity index (χ2n) is 6.17. The van der Waals surface area contributed by atoms with Crippen molar-refractivity contribution < 1.29 is 19.3 Å². The van der Waals surface area contributed by atoms with E-state index in [1.165, 1.54) is 0 Å². The number of carbonyl (C=O) groups excluding carboxylic acids is 2. The molecule has 140 valence electrons. The van der Waals surface area contributed by atoms with Crippen molar-refractivity contribution in [2.45, 2.75) is 32.2 Å². The summed E-state index contributed by atoms with van der Waals surface area (Å²) in [7, 11) is 0. The van der Waals surface area contributed by atoms with Gasteiger partial charge in [-0.15, -0.1) is 5.10 Å². The quantitative estimate of drug-likeness (QED) is 0.673. The van der Waals surface area contributed by atoms with Gasteiger partial charge in [0.15, 0.2) is 5.69 Å². The van der Waals surface area contributed by atoms with Crippen LogP contribution >= 0.6 is 0 Å². The topological polar surface area (TPSA) is 139 Å². The van der Waals surface area contributed by atoms with Gasteiger partial charge in [0, 0.05) is 19.6 Å². The number of aliphatic hydroxyl groups excluding tert-OH is 1. The first kappa shape index (κ1) is 18.0. The van der Waals surface area contributed by atoms with E-state index in [1.54, 1.807) is 22.7 Å². The average Bonchev–Trinajstić information content (AvgIpc) is 3.29. The molecule has 0 bridgehead atoms. The third-order valence-corrected chi connectivity index (χ3v) is 4.33. The molecule has 3 heterocycles. The molecule has 2 N–H and O–H groups in total. The molecule has 0 spiro atoms. The summed E-state index contributed by atoms with van der Waals surface area (Å²) in [5, 5.41) is 26.6. The van der Waals surface area contributed by atoms with E-state index in [9.17, 15) is 9.59 Å². The average molecular weight is 363 g/mol. The molecule has 1 unspecified atom stereocenters. The number of piperidine rings is 1. The van der Waals surface area contributed by atoms with Crippen LogP contribution in [0.1, 0.15) is 40.8 Å². The van der Waals surface area contributed by atoms with Crippen molar-refractivity contribution in [1.29, 1.82) is 0 Å². The molecule has 0 radical (unpaired) electrons. The van der Waals surface area contributed by atoms with E-state index in [4.69, 9.17) is 5.11 Å². The first-order chi connectivity index (χ1) is 12.6. The summed E-state index contributed by atoms with van der Waals surface area (Å²) < 4.78 is 6.25. The van der Waals surface area contributed by atoms with E-state index >= 15 is 0 Å². The number of rotatable bonds is 6. The maximum atomic E-state index is 12.5. The number of likely N-dealkylation sites (tertiary alicyclic amines) is 1. The highest BCUT2D eigenvalue weighted by atomic mass is 16.6. The Morgan fingerprint density at radius 1 is 1.42 bits per heavy atom. The molecule has 2 amide bonds. The maximum absolute atomic E-state index is 12.5. The molecular formula is C15H21N7O4. The summed E-state index contributed by atoms with van der Waals surface area (Å²) in [5.41, 5.74) is 1.34. The molecule has 3 rings (SSSR count). The number of carbonyl (C=O) groups is 2. The van der Waals surface area contributed by atoms with Crippen molar-refractivity contribution in [1.82, 2.24) is 35.5 Å². The largest absolute Gasteiger partial charge is 0.395 e. The molecule has 11 nitrogen and oxygen atoms in total. The molecule has 0 aromatic carbocycles. The molecule has 1 saturated heterocycles. The van der Waals surface area contributed by atoms with E-state index in [-0.39, 0.29) is 43.1 Å². The Morgan fingerprint density at radius 2 is 2.27 bits per heavy atom. The Balaban J connectivity index is 1.61. The first-order valence-corrected chi connectivity index (χ1v) is 8.45. The van der Waals surface area contributed by atoms with Crippen LogP contribution in [0.15, 0.2) is 10.8 Å². The lowest BCUT2D eigenvalue weighted by Crippen LogP contribution is -2.41. The Labute approximate surface area is 149 Å². The predicted molar refractivity (Wildman–Crippen MR) is 87.0 cm³/mol. The number of aliphatic hydroxyl groups is 1. The van der Waals surface area contributed by atoms with Gasteiger partial charge < -0.3 is 15.3 Å². The van der Waals surface area contributed by atoms with Crippen molar-refractivity contribution >= 4 is 11.8 Å². The summed E-state index contributed by atoms with van der Waals surface area (Å²) in [6, 6.07) is -0.0453. The SMILES string of the molecule is Cc1nonc1CC(=O)N1CCCC(n2cc(C(=O)NCCO)nn2)C1. The normalized spacial score (nSPS) is 17.3. The van der Waals surface area contributed by atoms with Crippen LogP contribution in [0.3, 0.4) is 0 Å². The maximum Gasteiger partial charge on any atom is 0.273 e. The number of amides is 2. The standard InChI is InChI=1S/C15H21N7O4/c1-10-12(19-26-18-10)7-14(24)21-5-2-3-11(8-21)22-9-13(17-20-22)15(25)16-4-6-23/h9,11,23H,2-8H2,1H3,(H,16,25). The van der Waals surface area contributed by atoms with E-state index in [0.717, 1.165) is 12.8 Å². The summed E-state index contributed by atoms with van der Waals surface area (Å²) in [4.78, 5) is 26.1. The van der Waals surface area contributed by atoms with Crippen molar-refractivity contribution in [3.05, 3.63) is 23.3 Å². The van der Waals surface area contributed by atoms with Gasteiger partial charge >= 0.3 is 0 Å². The number of aromatic nitrogens is 5. The Hall–Kier alpha value is -2.82. The van der Waals surface area contributed by atoms with E-state index in [0.29, 0.717) is 24.5 Å². The molecule has 0 saturated carbocycles. The molecule has 1 aliphatic rings. The zero-order chi connectivity index (χ0) is 18.5. The van der Waals surface area contributed by atoms with E-state index in [1.807, 2.05) is 0 Å².